The van der Waals surface area contributed by atoms with E-state index in [1.165, 1.54) is 0 Å². The monoisotopic (exact) mass is 440 g/mol. The van der Waals surface area contributed by atoms with Gasteiger partial charge in [-0.25, -0.2) is 19.6 Å². The van der Waals surface area contributed by atoms with Crippen molar-refractivity contribution in [1.29, 1.82) is 0 Å². The molecule has 0 saturated carbocycles. The fourth-order valence-corrected chi connectivity index (χ4v) is 3.85. The molecule has 0 atom stereocenters. The molecule has 9 nitrogen and oxygen atoms in total. The second-order valence-electron chi connectivity index (χ2n) is 7.89. The molecule has 0 spiro atoms. The van der Waals surface area contributed by atoms with Gasteiger partial charge in [-0.1, -0.05) is 6.07 Å². The second-order valence-corrected chi connectivity index (χ2v) is 7.89. The number of rotatable bonds is 5. The highest BCUT2D eigenvalue weighted by molar-refractivity contribution is 5.95. The molecular formula is C24H24N8O. The molecule has 0 unspecified atom stereocenters. The summed E-state index contributed by atoms with van der Waals surface area (Å²) in [6.07, 6.45) is 6.90. The smallest absolute Gasteiger partial charge is 0.254 e. The Balaban J connectivity index is 1.23. The quantitative estimate of drug-likeness (QED) is 0.510. The van der Waals surface area contributed by atoms with Crippen LogP contribution in [-0.4, -0.2) is 61.7 Å². The number of hydrogen-bond donors (Lipinski definition) is 1. The molecular weight excluding hydrogens is 416 g/mol. The number of nitrogens with zero attached hydrogens (tertiary/aromatic N) is 7. The molecule has 3 aromatic heterocycles. The zero-order chi connectivity index (χ0) is 22.6. The molecule has 1 fully saturated rings. The number of benzene rings is 1. The van der Waals surface area contributed by atoms with Crippen LogP contribution in [0.15, 0.2) is 73.4 Å². The van der Waals surface area contributed by atoms with Crippen molar-refractivity contribution in [1.82, 2.24) is 29.6 Å². The Kier molecular flexibility index (Phi) is 5.67. The number of nitrogens with one attached hydrogen (secondary N) is 1. The predicted octanol–water partition coefficient (Wildman–Crippen LogP) is 3.07. The summed E-state index contributed by atoms with van der Waals surface area (Å²) in [5, 5.41) is 7.47. The van der Waals surface area contributed by atoms with E-state index in [-0.39, 0.29) is 5.91 Å². The third kappa shape index (κ3) is 4.67. The van der Waals surface area contributed by atoms with E-state index in [0.29, 0.717) is 37.6 Å². The zero-order valence-electron chi connectivity index (χ0n) is 18.3. The topological polar surface area (TPSA) is 92.1 Å². The lowest BCUT2D eigenvalue weighted by Crippen LogP contribution is -2.49. The molecule has 1 aliphatic heterocycles. The van der Waals surface area contributed by atoms with Gasteiger partial charge in [0.2, 0.25) is 0 Å². The van der Waals surface area contributed by atoms with Crippen molar-refractivity contribution in [3.63, 3.8) is 0 Å². The van der Waals surface area contributed by atoms with Crippen LogP contribution in [0.4, 0.5) is 17.5 Å². The SMILES string of the molecule is Cc1ccnc(Nc2cc(N3CCN(C(=O)c4cccc(-n5cccn5)c4)CC3)ncn2)c1. The van der Waals surface area contributed by atoms with Gasteiger partial charge in [0.15, 0.2) is 0 Å². The van der Waals surface area contributed by atoms with Gasteiger partial charge in [-0.2, -0.15) is 5.10 Å². The number of aryl methyl sites for hydroxylation is 1. The van der Waals surface area contributed by atoms with Crippen LogP contribution in [0.25, 0.3) is 5.69 Å². The highest BCUT2D eigenvalue weighted by Crippen LogP contribution is 2.20. The molecule has 0 radical (unpaired) electrons. The molecule has 4 aromatic rings. The zero-order valence-corrected chi connectivity index (χ0v) is 18.3. The third-order valence-electron chi connectivity index (χ3n) is 5.58. The van der Waals surface area contributed by atoms with E-state index in [1.807, 2.05) is 66.6 Å². The van der Waals surface area contributed by atoms with Crippen LogP contribution in [0, 0.1) is 6.92 Å². The average molecular weight is 441 g/mol. The van der Waals surface area contributed by atoms with Gasteiger partial charge in [-0.15, -0.1) is 0 Å². The van der Waals surface area contributed by atoms with E-state index in [9.17, 15) is 4.79 Å². The molecule has 0 bridgehead atoms. The lowest BCUT2D eigenvalue weighted by molar-refractivity contribution is 0.0746. The van der Waals surface area contributed by atoms with Gasteiger partial charge < -0.3 is 15.1 Å². The lowest BCUT2D eigenvalue weighted by atomic mass is 10.1. The number of piperazine rings is 1. The largest absolute Gasteiger partial charge is 0.353 e. The van der Waals surface area contributed by atoms with Gasteiger partial charge in [-0.05, 0) is 48.9 Å². The Morgan fingerprint density at radius 1 is 0.909 bits per heavy atom. The minimum Gasteiger partial charge on any atom is -0.353 e. The molecule has 9 heteroatoms. The summed E-state index contributed by atoms with van der Waals surface area (Å²) in [5.41, 5.74) is 2.65. The van der Waals surface area contributed by atoms with E-state index in [2.05, 4.69) is 30.3 Å². The molecule has 1 saturated heterocycles. The third-order valence-corrected chi connectivity index (χ3v) is 5.58. The second kappa shape index (κ2) is 9.07. The van der Waals surface area contributed by atoms with Crippen LogP contribution in [-0.2, 0) is 0 Å². The first-order valence-corrected chi connectivity index (χ1v) is 10.8. The summed E-state index contributed by atoms with van der Waals surface area (Å²) in [6, 6.07) is 15.2. The van der Waals surface area contributed by atoms with Gasteiger partial charge in [0.05, 0.1) is 5.69 Å². The van der Waals surface area contributed by atoms with Crippen molar-refractivity contribution in [2.45, 2.75) is 6.92 Å². The van der Waals surface area contributed by atoms with E-state index >= 15 is 0 Å². The molecule has 0 aliphatic carbocycles. The van der Waals surface area contributed by atoms with Crippen LogP contribution in [0.2, 0.25) is 0 Å². The predicted molar refractivity (Wildman–Crippen MR) is 126 cm³/mol. The lowest BCUT2D eigenvalue weighted by Gasteiger charge is -2.35. The van der Waals surface area contributed by atoms with Crippen molar-refractivity contribution in [3.05, 3.63) is 84.6 Å². The van der Waals surface area contributed by atoms with Gasteiger partial charge in [0, 0.05) is 56.4 Å². The Bertz CT molecular complexity index is 1250. The van der Waals surface area contributed by atoms with Gasteiger partial charge in [-0.3, -0.25) is 4.79 Å². The van der Waals surface area contributed by atoms with E-state index in [1.54, 1.807) is 23.4 Å². The number of hydrogen-bond acceptors (Lipinski definition) is 7. The van der Waals surface area contributed by atoms with Crippen LogP contribution in [0.1, 0.15) is 15.9 Å². The fraction of sp³-hybridized carbons (Fsp3) is 0.208. The molecule has 1 N–H and O–H groups in total. The highest BCUT2D eigenvalue weighted by Gasteiger charge is 2.23. The van der Waals surface area contributed by atoms with Crippen molar-refractivity contribution in [3.8, 4) is 5.69 Å². The Morgan fingerprint density at radius 3 is 2.55 bits per heavy atom. The van der Waals surface area contributed by atoms with E-state index < -0.39 is 0 Å². The minimum atomic E-state index is 0.0271. The summed E-state index contributed by atoms with van der Waals surface area (Å²) in [5.74, 6) is 2.28. The summed E-state index contributed by atoms with van der Waals surface area (Å²) in [6.45, 7) is 4.66. The maximum Gasteiger partial charge on any atom is 0.254 e. The van der Waals surface area contributed by atoms with Crippen LogP contribution in [0.3, 0.4) is 0 Å². The number of carbonyl (C=O) groups excluding carboxylic acids is 1. The highest BCUT2D eigenvalue weighted by atomic mass is 16.2. The first-order chi connectivity index (χ1) is 16.2. The van der Waals surface area contributed by atoms with Crippen LogP contribution < -0.4 is 10.2 Å². The van der Waals surface area contributed by atoms with Crippen LogP contribution in [0.5, 0.6) is 0 Å². The van der Waals surface area contributed by atoms with Gasteiger partial charge in [0.25, 0.3) is 5.91 Å². The first-order valence-electron chi connectivity index (χ1n) is 10.8. The molecule has 166 valence electrons. The van der Waals surface area contributed by atoms with Crippen molar-refractivity contribution >= 4 is 23.4 Å². The maximum absolute atomic E-state index is 13.1. The van der Waals surface area contributed by atoms with E-state index in [4.69, 9.17) is 0 Å². The first kappa shape index (κ1) is 20.6. The minimum absolute atomic E-state index is 0.0271. The molecule has 1 amide bonds. The van der Waals surface area contributed by atoms with Gasteiger partial charge >= 0.3 is 0 Å². The van der Waals surface area contributed by atoms with Crippen molar-refractivity contribution in [2.75, 3.05) is 36.4 Å². The number of carbonyl (C=O) groups is 1. The molecule has 5 rings (SSSR count). The molecule has 33 heavy (non-hydrogen) atoms. The Labute approximate surface area is 191 Å². The number of pyridine rings is 1. The normalized spacial score (nSPS) is 13.7. The summed E-state index contributed by atoms with van der Waals surface area (Å²) in [4.78, 5) is 30.2. The Hall–Kier alpha value is -4.27. The number of amides is 1. The summed E-state index contributed by atoms with van der Waals surface area (Å²) >= 11 is 0. The molecule has 1 aromatic carbocycles. The van der Waals surface area contributed by atoms with Crippen LogP contribution >= 0.6 is 0 Å². The summed E-state index contributed by atoms with van der Waals surface area (Å²) < 4.78 is 1.75. The number of anilines is 3. The van der Waals surface area contributed by atoms with Crippen molar-refractivity contribution < 1.29 is 4.79 Å². The maximum atomic E-state index is 13.1. The Morgan fingerprint density at radius 2 is 1.76 bits per heavy atom. The molecule has 1 aliphatic rings. The van der Waals surface area contributed by atoms with E-state index in [0.717, 1.165) is 22.9 Å². The van der Waals surface area contributed by atoms with Crippen molar-refractivity contribution in [2.24, 2.45) is 0 Å². The average Bonchev–Trinajstić information content (AvgIpc) is 3.39. The molecule has 4 heterocycles. The standard InChI is InChI=1S/C24H24N8O/c1-18-6-8-25-21(14-18)29-22-16-23(27-17-26-22)30-10-12-31(13-11-30)24(33)19-4-2-5-20(15-19)32-9-3-7-28-32/h2-9,14-17H,10-13H2,1H3,(H,25,26,27,29). The fourth-order valence-electron chi connectivity index (χ4n) is 3.85. The number of aromatic nitrogens is 5. The van der Waals surface area contributed by atoms with Gasteiger partial charge in [0.1, 0.15) is 23.8 Å². The summed E-state index contributed by atoms with van der Waals surface area (Å²) in [7, 11) is 0.